The maximum Gasteiger partial charge on any atom is 0.0210 e. The molecule has 0 radical (unpaired) electrons. The van der Waals surface area contributed by atoms with E-state index in [9.17, 15) is 0 Å². The fraction of sp³-hybridized carbons (Fsp3) is 0.368. The quantitative estimate of drug-likeness (QED) is 0.752. The van der Waals surface area contributed by atoms with Crippen molar-refractivity contribution in [3.63, 3.8) is 0 Å². The summed E-state index contributed by atoms with van der Waals surface area (Å²) in [6, 6.07) is 17.2. The second kappa shape index (κ2) is 7.24. The van der Waals surface area contributed by atoms with E-state index in [1.165, 1.54) is 21.2 Å². The first-order valence-corrected chi connectivity index (χ1v) is 8.29. The Labute approximate surface area is 136 Å². The SMILES string of the molecule is Cc1cc(CNC(C)(C)CCc2ccccc2)ccc1Br. The normalized spacial score (nSPS) is 11.6. The predicted molar refractivity (Wildman–Crippen MR) is 94.6 cm³/mol. The zero-order chi connectivity index (χ0) is 15.3. The van der Waals surface area contributed by atoms with Gasteiger partial charge in [0.15, 0.2) is 0 Å². The van der Waals surface area contributed by atoms with Gasteiger partial charge in [0.2, 0.25) is 0 Å². The monoisotopic (exact) mass is 345 g/mol. The molecule has 0 heterocycles. The van der Waals surface area contributed by atoms with E-state index in [0.29, 0.717) is 0 Å². The molecule has 21 heavy (non-hydrogen) atoms. The second-order valence-electron chi connectivity index (χ2n) is 6.31. The van der Waals surface area contributed by atoms with E-state index in [4.69, 9.17) is 0 Å². The number of nitrogens with one attached hydrogen (secondary N) is 1. The molecule has 0 aliphatic heterocycles. The van der Waals surface area contributed by atoms with Crippen LogP contribution in [0.3, 0.4) is 0 Å². The molecule has 0 aliphatic rings. The van der Waals surface area contributed by atoms with Gasteiger partial charge in [-0.3, -0.25) is 0 Å². The molecule has 0 aliphatic carbocycles. The molecule has 2 aromatic carbocycles. The number of halogens is 1. The standard InChI is InChI=1S/C19H24BrN/c1-15-13-17(9-10-18(15)20)14-21-19(2,3)12-11-16-7-5-4-6-8-16/h4-10,13,21H,11-12,14H2,1-3H3. The second-order valence-corrected chi connectivity index (χ2v) is 7.16. The largest absolute Gasteiger partial charge is 0.308 e. The summed E-state index contributed by atoms with van der Waals surface area (Å²) in [6.07, 6.45) is 2.24. The molecule has 2 aromatic rings. The van der Waals surface area contributed by atoms with Crippen molar-refractivity contribution in [1.29, 1.82) is 0 Å². The van der Waals surface area contributed by atoms with Crippen molar-refractivity contribution in [3.8, 4) is 0 Å². The summed E-state index contributed by atoms with van der Waals surface area (Å²) in [4.78, 5) is 0. The molecule has 2 rings (SSSR count). The average Bonchev–Trinajstić information content (AvgIpc) is 2.48. The zero-order valence-electron chi connectivity index (χ0n) is 13.1. The van der Waals surface area contributed by atoms with Crippen molar-refractivity contribution in [2.75, 3.05) is 0 Å². The Bertz CT molecular complexity index is 575. The van der Waals surface area contributed by atoms with Crippen molar-refractivity contribution in [1.82, 2.24) is 5.32 Å². The fourth-order valence-corrected chi connectivity index (χ4v) is 2.59. The lowest BCUT2D eigenvalue weighted by Gasteiger charge is -2.27. The Balaban J connectivity index is 1.87. The van der Waals surface area contributed by atoms with Crippen molar-refractivity contribution < 1.29 is 0 Å². The Kier molecular flexibility index (Phi) is 5.60. The van der Waals surface area contributed by atoms with Gasteiger partial charge in [0.1, 0.15) is 0 Å². The van der Waals surface area contributed by atoms with Crippen LogP contribution in [0, 0.1) is 6.92 Å². The Hall–Kier alpha value is -1.12. The van der Waals surface area contributed by atoms with Crippen LogP contribution in [0.4, 0.5) is 0 Å². The van der Waals surface area contributed by atoms with Crippen LogP contribution in [0.1, 0.15) is 37.0 Å². The molecule has 0 aromatic heterocycles. The van der Waals surface area contributed by atoms with Gasteiger partial charge in [-0.1, -0.05) is 58.4 Å². The van der Waals surface area contributed by atoms with E-state index in [0.717, 1.165) is 19.4 Å². The van der Waals surface area contributed by atoms with Gasteiger partial charge in [-0.15, -0.1) is 0 Å². The number of benzene rings is 2. The maximum atomic E-state index is 3.68. The lowest BCUT2D eigenvalue weighted by Crippen LogP contribution is -2.39. The molecule has 0 saturated carbocycles. The van der Waals surface area contributed by atoms with Gasteiger partial charge in [-0.05, 0) is 56.4 Å². The highest BCUT2D eigenvalue weighted by molar-refractivity contribution is 9.10. The average molecular weight is 346 g/mol. The molecule has 1 N–H and O–H groups in total. The summed E-state index contributed by atoms with van der Waals surface area (Å²) in [7, 11) is 0. The summed E-state index contributed by atoms with van der Waals surface area (Å²) in [6.45, 7) is 7.60. The third-order valence-corrected chi connectivity index (χ3v) is 4.76. The Morgan fingerprint density at radius 1 is 1.00 bits per heavy atom. The summed E-state index contributed by atoms with van der Waals surface area (Å²) >= 11 is 3.55. The zero-order valence-corrected chi connectivity index (χ0v) is 14.7. The van der Waals surface area contributed by atoms with Crippen LogP contribution in [0.15, 0.2) is 53.0 Å². The molecular formula is C19H24BrN. The van der Waals surface area contributed by atoms with Crippen LogP contribution in [-0.4, -0.2) is 5.54 Å². The molecule has 0 unspecified atom stereocenters. The minimum atomic E-state index is 0.136. The number of rotatable bonds is 6. The van der Waals surface area contributed by atoms with Crippen LogP contribution >= 0.6 is 15.9 Å². The van der Waals surface area contributed by atoms with Gasteiger partial charge in [0, 0.05) is 16.6 Å². The van der Waals surface area contributed by atoms with Crippen LogP contribution in [0.25, 0.3) is 0 Å². The number of hydrogen-bond acceptors (Lipinski definition) is 1. The summed E-state index contributed by atoms with van der Waals surface area (Å²) < 4.78 is 1.18. The first kappa shape index (κ1) is 16.3. The summed E-state index contributed by atoms with van der Waals surface area (Å²) in [5.41, 5.74) is 4.17. The van der Waals surface area contributed by atoms with E-state index in [2.05, 4.69) is 90.5 Å². The van der Waals surface area contributed by atoms with Gasteiger partial charge < -0.3 is 5.32 Å². The molecule has 2 heteroatoms. The molecule has 112 valence electrons. The van der Waals surface area contributed by atoms with Crippen LogP contribution in [0.2, 0.25) is 0 Å². The Morgan fingerprint density at radius 2 is 1.71 bits per heavy atom. The molecule has 0 spiro atoms. The van der Waals surface area contributed by atoms with Gasteiger partial charge >= 0.3 is 0 Å². The molecule has 0 bridgehead atoms. The molecular weight excluding hydrogens is 322 g/mol. The van der Waals surface area contributed by atoms with Gasteiger partial charge in [-0.2, -0.15) is 0 Å². The van der Waals surface area contributed by atoms with Gasteiger partial charge in [0.25, 0.3) is 0 Å². The van der Waals surface area contributed by atoms with Gasteiger partial charge in [-0.25, -0.2) is 0 Å². The lowest BCUT2D eigenvalue weighted by molar-refractivity contribution is 0.360. The molecule has 0 saturated heterocycles. The van der Waals surface area contributed by atoms with E-state index >= 15 is 0 Å². The van der Waals surface area contributed by atoms with Gasteiger partial charge in [0.05, 0.1) is 0 Å². The van der Waals surface area contributed by atoms with Crippen LogP contribution in [-0.2, 0) is 13.0 Å². The van der Waals surface area contributed by atoms with E-state index < -0.39 is 0 Å². The third-order valence-electron chi connectivity index (χ3n) is 3.87. The van der Waals surface area contributed by atoms with Crippen LogP contribution < -0.4 is 5.32 Å². The first-order chi connectivity index (χ1) is 9.96. The van der Waals surface area contributed by atoms with Crippen molar-refractivity contribution in [2.45, 2.75) is 45.7 Å². The minimum absolute atomic E-state index is 0.136. The number of aryl methyl sites for hydroxylation is 2. The lowest BCUT2D eigenvalue weighted by atomic mass is 9.95. The van der Waals surface area contributed by atoms with E-state index in [1.54, 1.807) is 0 Å². The summed E-state index contributed by atoms with van der Waals surface area (Å²) in [5, 5.41) is 3.68. The smallest absolute Gasteiger partial charge is 0.0210 e. The highest BCUT2D eigenvalue weighted by Crippen LogP contribution is 2.19. The van der Waals surface area contributed by atoms with Crippen molar-refractivity contribution >= 4 is 15.9 Å². The molecule has 0 fully saturated rings. The molecule has 1 nitrogen and oxygen atoms in total. The van der Waals surface area contributed by atoms with E-state index in [-0.39, 0.29) is 5.54 Å². The fourth-order valence-electron chi connectivity index (χ4n) is 2.35. The third kappa shape index (κ3) is 5.29. The topological polar surface area (TPSA) is 12.0 Å². The van der Waals surface area contributed by atoms with E-state index in [1.807, 2.05) is 0 Å². The first-order valence-electron chi connectivity index (χ1n) is 7.50. The Morgan fingerprint density at radius 3 is 2.38 bits per heavy atom. The maximum absolute atomic E-state index is 3.68. The predicted octanol–water partition coefficient (Wildman–Crippen LogP) is 5.26. The minimum Gasteiger partial charge on any atom is -0.308 e. The van der Waals surface area contributed by atoms with Crippen molar-refractivity contribution in [3.05, 3.63) is 69.7 Å². The number of hydrogen-bond donors (Lipinski definition) is 1. The highest BCUT2D eigenvalue weighted by Gasteiger charge is 2.16. The molecule has 0 atom stereocenters. The molecule has 0 amide bonds. The summed E-state index contributed by atoms with van der Waals surface area (Å²) in [5.74, 6) is 0. The highest BCUT2D eigenvalue weighted by atomic mass is 79.9. The van der Waals surface area contributed by atoms with Crippen LogP contribution in [0.5, 0.6) is 0 Å². The van der Waals surface area contributed by atoms with Crippen molar-refractivity contribution in [2.24, 2.45) is 0 Å².